The van der Waals surface area contributed by atoms with Gasteiger partial charge in [0.25, 0.3) is 0 Å². The van der Waals surface area contributed by atoms with Crippen molar-refractivity contribution in [3.8, 4) is 33.9 Å². The van der Waals surface area contributed by atoms with Gasteiger partial charge in [0, 0.05) is 21.9 Å². The second-order valence-electron chi connectivity index (χ2n) is 5.61. The largest absolute Gasteiger partial charge is 0.337 e. The highest BCUT2D eigenvalue weighted by Gasteiger charge is 2.11. The fraction of sp³-hybridized carbons (Fsp3) is 0. The van der Waals surface area contributed by atoms with E-state index < -0.39 is 0 Å². The van der Waals surface area contributed by atoms with Gasteiger partial charge in [-0.25, -0.2) is 4.98 Å². The molecule has 0 amide bonds. The first-order valence-electron chi connectivity index (χ1n) is 7.74. The average Bonchev–Trinajstić information content (AvgIpc) is 3.39. The van der Waals surface area contributed by atoms with Crippen LogP contribution in [0.25, 0.3) is 44.9 Å². The van der Waals surface area contributed by atoms with Gasteiger partial charge in [0.2, 0.25) is 5.82 Å². The fourth-order valence-electron chi connectivity index (χ4n) is 2.90. The van der Waals surface area contributed by atoms with Crippen LogP contribution in [0.15, 0.2) is 59.3 Å². The molecule has 0 saturated carbocycles. The number of nitrogens with one attached hydrogen (secondary N) is 2. The summed E-state index contributed by atoms with van der Waals surface area (Å²) >= 11 is 1.65. The first-order chi connectivity index (χ1) is 12.4. The first kappa shape index (κ1) is 14.1. The summed E-state index contributed by atoms with van der Waals surface area (Å²) in [7, 11) is 0. The van der Waals surface area contributed by atoms with Crippen molar-refractivity contribution < 1.29 is 0 Å². The summed E-state index contributed by atoms with van der Waals surface area (Å²) in [4.78, 5) is 7.98. The molecule has 5 aromatic rings. The molecule has 0 spiro atoms. The molecular weight excluding hydrogens is 332 g/mol. The Labute approximate surface area is 146 Å². The summed E-state index contributed by atoms with van der Waals surface area (Å²) in [5.74, 6) is 1.47. The van der Waals surface area contributed by atoms with Crippen molar-refractivity contribution in [2.75, 3.05) is 0 Å². The van der Waals surface area contributed by atoms with Gasteiger partial charge in [-0.15, -0.1) is 21.5 Å². The number of imidazole rings is 1. The van der Waals surface area contributed by atoms with Crippen molar-refractivity contribution in [3.05, 3.63) is 59.3 Å². The van der Waals surface area contributed by atoms with E-state index in [0.717, 1.165) is 39.1 Å². The Morgan fingerprint density at radius 2 is 1.64 bits per heavy atom. The number of H-pyrrole nitrogens is 2. The lowest BCUT2D eigenvalue weighted by atomic mass is 9.98. The lowest BCUT2D eigenvalue weighted by Gasteiger charge is -2.07. The third-order valence-electron chi connectivity index (χ3n) is 4.11. The van der Waals surface area contributed by atoms with E-state index in [2.05, 4.69) is 66.3 Å². The van der Waals surface area contributed by atoms with E-state index in [1.807, 2.05) is 23.6 Å². The molecule has 0 unspecified atom stereocenters. The number of hydrogen-bond donors (Lipinski definition) is 2. The molecule has 0 bridgehead atoms. The molecule has 7 heteroatoms. The van der Waals surface area contributed by atoms with Crippen molar-refractivity contribution in [2.24, 2.45) is 0 Å². The van der Waals surface area contributed by atoms with Crippen LogP contribution in [0.5, 0.6) is 0 Å². The molecular formula is C18H12N6S. The van der Waals surface area contributed by atoms with Gasteiger partial charge < -0.3 is 4.98 Å². The maximum Gasteiger partial charge on any atom is 0.205 e. The third-order valence-corrected chi connectivity index (χ3v) is 4.84. The van der Waals surface area contributed by atoms with E-state index in [0.29, 0.717) is 5.82 Å². The minimum Gasteiger partial charge on any atom is -0.337 e. The summed E-state index contributed by atoms with van der Waals surface area (Å²) in [6.07, 6.45) is 0. The smallest absolute Gasteiger partial charge is 0.205 e. The molecule has 120 valence electrons. The number of hydrogen-bond acceptors (Lipinski definition) is 5. The highest BCUT2D eigenvalue weighted by atomic mass is 32.1. The molecule has 0 aliphatic carbocycles. The minimum absolute atomic E-state index is 0.589. The van der Waals surface area contributed by atoms with Crippen LogP contribution in [-0.2, 0) is 0 Å². The van der Waals surface area contributed by atoms with E-state index in [9.17, 15) is 0 Å². The van der Waals surface area contributed by atoms with E-state index in [-0.39, 0.29) is 0 Å². The van der Waals surface area contributed by atoms with Gasteiger partial charge >= 0.3 is 0 Å². The van der Waals surface area contributed by atoms with Crippen LogP contribution in [0.3, 0.4) is 0 Å². The second kappa shape index (κ2) is 5.64. The summed E-state index contributed by atoms with van der Waals surface area (Å²) in [6.45, 7) is 0. The highest BCUT2D eigenvalue weighted by molar-refractivity contribution is 7.09. The predicted molar refractivity (Wildman–Crippen MR) is 98.0 cm³/mol. The number of fused-ring (bicyclic) bond motifs is 1. The maximum absolute atomic E-state index is 4.63. The van der Waals surface area contributed by atoms with Crippen LogP contribution in [-0.4, -0.2) is 30.6 Å². The molecule has 2 N–H and O–H groups in total. The third kappa shape index (κ3) is 2.41. The van der Waals surface area contributed by atoms with E-state index in [1.165, 1.54) is 0 Å². The van der Waals surface area contributed by atoms with E-state index in [4.69, 9.17) is 0 Å². The van der Waals surface area contributed by atoms with Gasteiger partial charge in [0.05, 0.1) is 11.0 Å². The van der Waals surface area contributed by atoms with Crippen LogP contribution in [0, 0.1) is 0 Å². The van der Waals surface area contributed by atoms with Gasteiger partial charge in [-0.2, -0.15) is 5.21 Å². The number of benzene rings is 2. The summed E-state index contributed by atoms with van der Waals surface area (Å²) < 4.78 is 0. The number of aromatic nitrogens is 6. The van der Waals surface area contributed by atoms with Crippen molar-refractivity contribution in [1.29, 1.82) is 0 Å². The Balaban J connectivity index is 1.55. The molecule has 0 saturated heterocycles. The monoisotopic (exact) mass is 344 g/mol. The number of tetrazole rings is 1. The zero-order chi connectivity index (χ0) is 16.6. The molecule has 0 aliphatic heterocycles. The Morgan fingerprint density at radius 1 is 0.840 bits per heavy atom. The van der Waals surface area contributed by atoms with E-state index in [1.54, 1.807) is 11.3 Å². The molecule has 0 aliphatic rings. The number of nitrogens with zero attached hydrogens (tertiary/aromatic N) is 4. The zero-order valence-electron chi connectivity index (χ0n) is 13.0. The quantitative estimate of drug-likeness (QED) is 0.515. The lowest BCUT2D eigenvalue weighted by Crippen LogP contribution is -1.88. The Kier molecular flexibility index (Phi) is 3.17. The van der Waals surface area contributed by atoms with Crippen molar-refractivity contribution in [1.82, 2.24) is 30.6 Å². The van der Waals surface area contributed by atoms with Gasteiger partial charge in [-0.3, -0.25) is 0 Å². The van der Waals surface area contributed by atoms with Crippen LogP contribution in [0.2, 0.25) is 0 Å². The fourth-order valence-corrected chi connectivity index (χ4v) is 3.59. The molecule has 3 heterocycles. The van der Waals surface area contributed by atoms with E-state index >= 15 is 0 Å². The van der Waals surface area contributed by atoms with Crippen LogP contribution >= 0.6 is 11.3 Å². The van der Waals surface area contributed by atoms with Crippen molar-refractivity contribution >= 4 is 22.4 Å². The molecule has 3 aromatic heterocycles. The van der Waals surface area contributed by atoms with Gasteiger partial charge in [0.1, 0.15) is 5.82 Å². The normalized spacial score (nSPS) is 11.2. The Bertz CT molecular complexity index is 1110. The van der Waals surface area contributed by atoms with Crippen LogP contribution < -0.4 is 0 Å². The Morgan fingerprint density at radius 3 is 2.40 bits per heavy atom. The summed E-state index contributed by atoms with van der Waals surface area (Å²) in [5.41, 5.74) is 6.25. The SMILES string of the molecule is c1ccc(-c2nn[nH]n2)c(-c2ccc(-c3nc4cscc4[nH]3)cc2)c1. The maximum atomic E-state index is 4.63. The van der Waals surface area contributed by atoms with Crippen molar-refractivity contribution in [2.45, 2.75) is 0 Å². The average molecular weight is 344 g/mol. The second-order valence-corrected chi connectivity index (χ2v) is 6.36. The van der Waals surface area contributed by atoms with Crippen LogP contribution in [0.4, 0.5) is 0 Å². The standard InChI is InChI=1S/C18H12N6S/c1-2-4-14(18-21-23-24-22-18)13(3-1)11-5-7-12(8-6-11)17-19-15-9-25-10-16(15)20-17/h1-10H,(H,19,20)(H,21,22,23,24). The Hall–Kier alpha value is -3.32. The topological polar surface area (TPSA) is 83.1 Å². The molecule has 5 rings (SSSR count). The minimum atomic E-state index is 0.589. The molecule has 25 heavy (non-hydrogen) atoms. The number of aromatic amines is 2. The predicted octanol–water partition coefficient (Wildman–Crippen LogP) is 4.14. The lowest BCUT2D eigenvalue weighted by molar-refractivity contribution is 0.881. The van der Waals surface area contributed by atoms with Gasteiger partial charge in [-0.05, 0) is 16.3 Å². The van der Waals surface area contributed by atoms with Crippen LogP contribution in [0.1, 0.15) is 0 Å². The van der Waals surface area contributed by atoms with Gasteiger partial charge in [-0.1, -0.05) is 48.5 Å². The summed E-state index contributed by atoms with van der Waals surface area (Å²) in [5, 5.41) is 18.5. The molecule has 0 radical (unpaired) electrons. The molecule has 0 atom stereocenters. The summed E-state index contributed by atoms with van der Waals surface area (Å²) in [6, 6.07) is 16.4. The number of thiophene rings is 1. The van der Waals surface area contributed by atoms with Gasteiger partial charge in [0.15, 0.2) is 0 Å². The number of rotatable bonds is 3. The van der Waals surface area contributed by atoms with Crippen molar-refractivity contribution in [3.63, 3.8) is 0 Å². The first-order valence-corrected chi connectivity index (χ1v) is 8.68. The molecule has 0 fully saturated rings. The molecule has 6 nitrogen and oxygen atoms in total. The highest BCUT2D eigenvalue weighted by Crippen LogP contribution is 2.31. The zero-order valence-corrected chi connectivity index (χ0v) is 13.8. The molecule has 2 aromatic carbocycles.